The van der Waals surface area contributed by atoms with Crippen LogP contribution in [-0.2, 0) is 9.59 Å². The molecule has 1 rings (SSSR count). The Balaban J connectivity index is 3.15. The van der Waals surface area contributed by atoms with Gasteiger partial charge in [-0.05, 0) is 18.8 Å². The van der Waals surface area contributed by atoms with Crippen LogP contribution in [0.25, 0.3) is 0 Å². The Morgan fingerprint density at radius 1 is 1.00 bits per heavy atom. The summed E-state index contributed by atoms with van der Waals surface area (Å²) < 4.78 is 0.303. The summed E-state index contributed by atoms with van der Waals surface area (Å²) in [6.07, 6.45) is 0. The van der Waals surface area contributed by atoms with Gasteiger partial charge in [0.2, 0.25) is 0 Å². The highest BCUT2D eigenvalue weighted by Crippen LogP contribution is 2.13. The highest BCUT2D eigenvalue weighted by molar-refractivity contribution is 14.2. The first-order valence-corrected chi connectivity index (χ1v) is 7.86. The molecule has 0 spiro atoms. The number of halogens is 1. The van der Waals surface area contributed by atoms with E-state index in [1.165, 1.54) is 0 Å². The average Bonchev–Trinajstić information content (AvgIpc) is 2.19. The zero-order valence-corrected chi connectivity index (χ0v) is 11.1. The van der Waals surface area contributed by atoms with E-state index in [2.05, 4.69) is 0 Å². The van der Waals surface area contributed by atoms with Crippen LogP contribution in [0.4, 0.5) is 4.79 Å². The monoisotopic (exact) mass is 324 g/mol. The number of barbiturate groups is 1. The fourth-order valence-electron chi connectivity index (χ4n) is 1.37. The molecule has 0 unspecified atom stereocenters. The van der Waals surface area contributed by atoms with E-state index >= 15 is 0 Å². The number of alkyl halides is 1. The van der Waals surface area contributed by atoms with Crippen molar-refractivity contribution in [1.82, 2.24) is 9.80 Å². The summed E-state index contributed by atoms with van der Waals surface area (Å²) in [5.74, 6) is -0.792. The van der Waals surface area contributed by atoms with Gasteiger partial charge < -0.3 is 0 Å². The number of urea groups is 1. The fraction of sp³-hybridized carbons (Fsp3) is 0.556. The molecular formula is C9H13IN2O3. The first kappa shape index (κ1) is 12.3. The summed E-state index contributed by atoms with van der Waals surface area (Å²) in [5.41, 5.74) is 0. The minimum absolute atomic E-state index is 0.303. The van der Waals surface area contributed by atoms with Gasteiger partial charge >= 0.3 is 6.03 Å². The smallest absolute Gasteiger partial charge is 0.268 e. The Labute approximate surface area is 98.2 Å². The van der Waals surface area contributed by atoms with E-state index in [1.54, 1.807) is 13.8 Å². The summed E-state index contributed by atoms with van der Waals surface area (Å²) in [6, 6.07) is -0.490. The number of rotatable bonds is 2. The summed E-state index contributed by atoms with van der Waals surface area (Å²) in [5, 5.41) is 0. The van der Waals surface area contributed by atoms with Gasteiger partial charge in [0.15, 0.2) is 0 Å². The average molecular weight is 324 g/mol. The van der Waals surface area contributed by atoms with Crippen LogP contribution in [0.5, 0.6) is 0 Å². The van der Waals surface area contributed by atoms with E-state index in [4.69, 9.17) is 0 Å². The van der Waals surface area contributed by atoms with Crippen molar-refractivity contribution in [2.45, 2.75) is 13.8 Å². The molecule has 4 amide bonds. The number of amides is 4. The maximum Gasteiger partial charge on any atom is 0.333 e. The lowest BCUT2D eigenvalue weighted by atomic mass is 10.2. The van der Waals surface area contributed by atoms with Crippen LogP contribution in [0.15, 0.2) is 0 Å². The summed E-state index contributed by atoms with van der Waals surface area (Å²) in [6.45, 7) is 4.08. The van der Waals surface area contributed by atoms with Gasteiger partial charge in [-0.15, -0.1) is 20.7 Å². The van der Waals surface area contributed by atoms with E-state index < -0.39 is 38.6 Å². The van der Waals surface area contributed by atoms with Crippen molar-refractivity contribution >= 4 is 42.1 Å². The van der Waals surface area contributed by atoms with Crippen molar-refractivity contribution in [2.75, 3.05) is 18.0 Å². The van der Waals surface area contributed by atoms with E-state index in [-0.39, 0.29) is 0 Å². The molecule has 6 heteroatoms. The van der Waals surface area contributed by atoms with E-state index in [9.17, 15) is 14.4 Å². The largest absolute Gasteiger partial charge is 0.333 e. The van der Waals surface area contributed by atoms with Crippen LogP contribution in [0, 0.1) is 0 Å². The minimum Gasteiger partial charge on any atom is -0.268 e. The van der Waals surface area contributed by atoms with Crippen LogP contribution < -0.4 is 0 Å². The molecule has 0 N–H and O–H groups in total. The number of imide groups is 2. The first-order chi connectivity index (χ1) is 7.08. The van der Waals surface area contributed by atoms with Crippen LogP contribution in [0.1, 0.15) is 13.8 Å². The van der Waals surface area contributed by atoms with Crippen molar-refractivity contribution in [1.29, 1.82) is 0 Å². The maximum absolute atomic E-state index is 11.7. The molecule has 84 valence electrons. The Morgan fingerprint density at radius 3 is 1.67 bits per heavy atom. The third kappa shape index (κ3) is 1.95. The quantitative estimate of drug-likeness (QED) is 0.552. The number of carbonyl (C=O) groups is 3. The first-order valence-electron chi connectivity index (χ1n) is 4.62. The zero-order valence-electron chi connectivity index (χ0n) is 8.91. The number of hydrogen-bond acceptors (Lipinski definition) is 3. The number of hydrogen-bond donors (Lipinski definition) is 0. The Morgan fingerprint density at radius 2 is 1.40 bits per heavy atom. The molecule has 0 aromatic rings. The topological polar surface area (TPSA) is 57.7 Å². The number of carbonyl (C=O) groups excluding carboxylic acids is 3. The molecule has 0 aromatic carbocycles. The molecule has 1 fully saturated rings. The highest BCUT2D eigenvalue weighted by Gasteiger charge is 2.40. The van der Waals surface area contributed by atoms with Gasteiger partial charge in [0, 0.05) is 13.1 Å². The summed E-state index contributed by atoms with van der Waals surface area (Å²) in [7, 11) is 0. The lowest BCUT2D eigenvalue weighted by molar-refractivity contribution is -0.129. The Bertz CT molecular complexity index is 323. The third-order valence-electron chi connectivity index (χ3n) is 2.15. The molecular weight excluding hydrogens is 311 g/mol. The van der Waals surface area contributed by atoms with Gasteiger partial charge in [-0.1, -0.05) is 0 Å². The molecule has 0 radical (unpaired) electrons. The van der Waals surface area contributed by atoms with Crippen molar-refractivity contribution in [3.05, 3.63) is 0 Å². The van der Waals surface area contributed by atoms with E-state index in [1.807, 2.05) is 4.93 Å². The molecule has 0 bridgehead atoms. The lowest BCUT2D eigenvalue weighted by Crippen LogP contribution is -2.59. The molecule has 0 aromatic heterocycles. The van der Waals surface area contributed by atoms with Gasteiger partial charge in [-0.25, -0.2) is 4.79 Å². The van der Waals surface area contributed by atoms with E-state index in [0.29, 0.717) is 16.6 Å². The van der Waals surface area contributed by atoms with Crippen LogP contribution >= 0.6 is 20.7 Å². The third-order valence-corrected chi connectivity index (χ3v) is 4.15. The predicted molar refractivity (Wildman–Crippen MR) is 65.1 cm³/mol. The van der Waals surface area contributed by atoms with Crippen LogP contribution in [-0.4, -0.2) is 49.2 Å². The van der Waals surface area contributed by atoms with Crippen LogP contribution in [0.2, 0.25) is 0 Å². The minimum atomic E-state index is -0.598. The second-order valence-electron chi connectivity index (χ2n) is 2.88. The van der Waals surface area contributed by atoms with Gasteiger partial charge in [-0.2, -0.15) is 0 Å². The highest BCUT2D eigenvalue weighted by atomic mass is 127. The molecule has 0 saturated carbocycles. The maximum atomic E-state index is 11.7. The molecule has 1 saturated heterocycles. The molecule has 15 heavy (non-hydrogen) atoms. The lowest BCUT2D eigenvalue weighted by Gasteiger charge is -2.32. The molecule has 1 aliphatic heterocycles. The van der Waals surface area contributed by atoms with Crippen molar-refractivity contribution in [3.63, 3.8) is 0 Å². The fourth-order valence-corrected chi connectivity index (χ4v) is 2.87. The predicted octanol–water partition coefficient (Wildman–Crippen LogP) is 0.590. The van der Waals surface area contributed by atoms with Crippen molar-refractivity contribution < 1.29 is 14.4 Å². The second-order valence-corrected chi connectivity index (χ2v) is 5.04. The van der Waals surface area contributed by atoms with Gasteiger partial charge in [0.25, 0.3) is 11.8 Å². The standard InChI is InChI=1S/C9H13IN2O3/c1-4-11-7(13)6(10-3)8(14)12(5-2)9(11)15/h4-5H2,1-3H3. The summed E-state index contributed by atoms with van der Waals surface area (Å²) in [4.78, 5) is 39.2. The SMILES string of the molecule is CCN1C(=O)C(=IC)C(=O)N(CC)C1=O. The normalized spacial score (nSPS) is 17.8. The zero-order chi connectivity index (χ0) is 11.6. The molecule has 5 nitrogen and oxygen atoms in total. The van der Waals surface area contributed by atoms with Gasteiger partial charge in [0.1, 0.15) is 3.51 Å². The number of nitrogens with zero attached hydrogens (tertiary/aromatic N) is 2. The second kappa shape index (κ2) is 4.82. The van der Waals surface area contributed by atoms with Crippen molar-refractivity contribution in [2.24, 2.45) is 0 Å². The van der Waals surface area contributed by atoms with E-state index in [0.717, 1.165) is 9.80 Å². The van der Waals surface area contributed by atoms with Crippen LogP contribution in [0.3, 0.4) is 0 Å². The van der Waals surface area contributed by atoms with Gasteiger partial charge in [-0.3, -0.25) is 19.4 Å². The molecule has 0 atom stereocenters. The molecule has 1 heterocycles. The Kier molecular flexibility index (Phi) is 3.95. The molecule has 1 aliphatic rings. The van der Waals surface area contributed by atoms with Crippen molar-refractivity contribution in [3.8, 4) is 0 Å². The molecule has 0 aliphatic carbocycles. The van der Waals surface area contributed by atoms with Gasteiger partial charge in [0.05, 0.1) is 0 Å². The Hall–Kier alpha value is -0.790. The summed E-state index contributed by atoms with van der Waals surface area (Å²) >= 11 is -0.598.